The zero-order chi connectivity index (χ0) is 23.4. The summed E-state index contributed by atoms with van der Waals surface area (Å²) in [6.45, 7) is 7.81. The number of amides is 1. The second-order valence-corrected chi connectivity index (χ2v) is 9.96. The zero-order valence-corrected chi connectivity index (χ0v) is 21.4. The van der Waals surface area contributed by atoms with E-state index in [9.17, 15) is 4.79 Å². The molecule has 33 heavy (non-hydrogen) atoms. The highest BCUT2D eigenvalue weighted by Crippen LogP contribution is 2.51. The molecule has 0 aliphatic carbocycles. The summed E-state index contributed by atoms with van der Waals surface area (Å²) in [6, 6.07) is 20.9. The summed E-state index contributed by atoms with van der Waals surface area (Å²) < 4.78 is 6.57. The van der Waals surface area contributed by atoms with E-state index in [1.54, 1.807) is 16.7 Å². The smallest absolute Gasteiger partial charge is 0.269 e. The van der Waals surface area contributed by atoms with Gasteiger partial charge in [0.05, 0.1) is 17.3 Å². The molecule has 0 spiro atoms. The maximum atomic E-state index is 13.0. The predicted octanol–water partition coefficient (Wildman–Crippen LogP) is 6.55. The number of carbonyl (C=O) groups excluding carboxylic acids is 1. The molecule has 7 heteroatoms. The van der Waals surface area contributed by atoms with Crippen LogP contribution < -0.4 is 0 Å². The molecule has 0 saturated carbocycles. The van der Waals surface area contributed by atoms with Crippen LogP contribution in [0, 0.1) is 0 Å². The van der Waals surface area contributed by atoms with E-state index in [2.05, 4.69) is 60.4 Å². The van der Waals surface area contributed by atoms with Crippen molar-refractivity contribution in [2.45, 2.75) is 20.8 Å². The molecule has 1 fully saturated rings. The third-order valence-electron chi connectivity index (χ3n) is 5.30. The van der Waals surface area contributed by atoms with Gasteiger partial charge < -0.3 is 9.64 Å². The molecule has 2 aliphatic rings. The van der Waals surface area contributed by atoms with E-state index in [-0.39, 0.29) is 5.91 Å². The number of likely N-dealkylation sites (N-methyl/N-ethyl adjacent to an activating group) is 1. The highest BCUT2D eigenvalue weighted by Gasteiger charge is 2.35. The van der Waals surface area contributed by atoms with Gasteiger partial charge in [-0.2, -0.15) is 0 Å². The Labute approximate surface area is 209 Å². The van der Waals surface area contributed by atoms with Gasteiger partial charge in [0.2, 0.25) is 0 Å². The molecule has 0 N–H and O–H groups in total. The first-order chi connectivity index (χ1) is 16.1. The summed E-state index contributed by atoms with van der Waals surface area (Å²) in [5.74, 6) is 0.492. The number of carbonyl (C=O) groups is 1. The number of thioether (sulfide) groups is 2. The molecule has 0 atom stereocenters. The van der Waals surface area contributed by atoms with E-state index in [4.69, 9.17) is 17.0 Å². The van der Waals surface area contributed by atoms with Crippen molar-refractivity contribution < 1.29 is 9.53 Å². The standard InChI is InChI=1S/C26H26N2O2S3/c1-4-27-21(17-20(30-6-3)24-25(29)28(5-2)26(31)33-24)32-23(19-15-11-8-12-16-19)22(27)18-13-9-7-10-14-18/h7-17H,4-6H2,1-3H3. The Hall–Kier alpha value is -2.48. The minimum Gasteiger partial charge on any atom is -0.492 e. The van der Waals surface area contributed by atoms with Crippen molar-refractivity contribution >= 4 is 56.6 Å². The van der Waals surface area contributed by atoms with Crippen molar-refractivity contribution in [3.05, 3.63) is 93.6 Å². The van der Waals surface area contributed by atoms with E-state index in [0.717, 1.165) is 22.8 Å². The van der Waals surface area contributed by atoms with Crippen LogP contribution in [-0.4, -0.2) is 39.7 Å². The van der Waals surface area contributed by atoms with Gasteiger partial charge in [-0.25, -0.2) is 0 Å². The molecule has 2 heterocycles. The van der Waals surface area contributed by atoms with Gasteiger partial charge in [0.25, 0.3) is 5.91 Å². The fourth-order valence-electron chi connectivity index (χ4n) is 3.79. The van der Waals surface area contributed by atoms with E-state index < -0.39 is 0 Å². The number of thiocarbonyl (C=S) groups is 1. The highest BCUT2D eigenvalue weighted by molar-refractivity contribution is 8.26. The number of rotatable bonds is 7. The SMILES string of the molecule is CCOC(C=C1SC(c2ccccc2)=C(c2ccccc2)N1CC)=C1SC(=S)N(CC)C1=O. The lowest BCUT2D eigenvalue weighted by molar-refractivity contribution is -0.122. The Morgan fingerprint density at radius 1 is 0.909 bits per heavy atom. The Kier molecular flexibility index (Phi) is 7.63. The van der Waals surface area contributed by atoms with E-state index in [1.807, 2.05) is 32.1 Å². The van der Waals surface area contributed by atoms with Gasteiger partial charge in [0.1, 0.15) is 15.0 Å². The topological polar surface area (TPSA) is 32.8 Å². The molecule has 4 nitrogen and oxygen atoms in total. The molecule has 1 saturated heterocycles. The van der Waals surface area contributed by atoms with Crippen molar-refractivity contribution in [1.82, 2.24) is 9.80 Å². The Bertz CT molecular complexity index is 1140. The summed E-state index contributed by atoms with van der Waals surface area (Å²) in [7, 11) is 0. The molecule has 0 unspecified atom stereocenters. The lowest BCUT2D eigenvalue weighted by atomic mass is 10.1. The van der Waals surface area contributed by atoms with Crippen LogP contribution in [0.1, 0.15) is 31.9 Å². The fourth-order valence-corrected chi connectivity index (χ4v) is 6.45. The number of nitrogens with zero attached hydrogens (tertiary/aromatic N) is 2. The van der Waals surface area contributed by atoms with Crippen LogP contribution >= 0.6 is 35.7 Å². The first-order valence-electron chi connectivity index (χ1n) is 11.0. The van der Waals surface area contributed by atoms with E-state index in [0.29, 0.717) is 28.1 Å². The van der Waals surface area contributed by atoms with Crippen LogP contribution in [0.3, 0.4) is 0 Å². The predicted molar refractivity (Wildman–Crippen MR) is 144 cm³/mol. The number of hydrogen-bond donors (Lipinski definition) is 0. The van der Waals surface area contributed by atoms with Crippen molar-refractivity contribution in [2.24, 2.45) is 0 Å². The highest BCUT2D eigenvalue weighted by atomic mass is 32.2. The molecular weight excluding hydrogens is 468 g/mol. The van der Waals surface area contributed by atoms with Crippen molar-refractivity contribution in [1.29, 1.82) is 0 Å². The van der Waals surface area contributed by atoms with Gasteiger partial charge >= 0.3 is 0 Å². The molecule has 2 aromatic rings. The lowest BCUT2D eigenvalue weighted by Gasteiger charge is -2.22. The normalized spacial score (nSPS) is 19.2. The molecule has 0 radical (unpaired) electrons. The first kappa shape index (κ1) is 23.7. The summed E-state index contributed by atoms with van der Waals surface area (Å²) in [5, 5.41) is 1.03. The van der Waals surface area contributed by atoms with Crippen LogP contribution in [-0.2, 0) is 9.53 Å². The second kappa shape index (κ2) is 10.6. The van der Waals surface area contributed by atoms with Gasteiger partial charge in [0.15, 0.2) is 0 Å². The first-order valence-corrected chi connectivity index (χ1v) is 13.1. The molecule has 4 rings (SSSR count). The minimum atomic E-state index is -0.0848. The molecular formula is C26H26N2O2S3. The van der Waals surface area contributed by atoms with Crippen molar-refractivity contribution in [3.63, 3.8) is 0 Å². The third-order valence-corrected chi connectivity index (χ3v) is 7.93. The van der Waals surface area contributed by atoms with E-state index >= 15 is 0 Å². The largest absolute Gasteiger partial charge is 0.492 e. The molecule has 170 valence electrons. The number of benzene rings is 2. The maximum Gasteiger partial charge on any atom is 0.269 e. The Balaban J connectivity index is 1.83. The van der Waals surface area contributed by atoms with Gasteiger partial charge in [-0.05, 0) is 31.9 Å². The Morgan fingerprint density at radius 2 is 1.52 bits per heavy atom. The van der Waals surface area contributed by atoms with Crippen LogP contribution in [0.2, 0.25) is 0 Å². The van der Waals surface area contributed by atoms with Crippen LogP contribution in [0.4, 0.5) is 0 Å². The lowest BCUT2D eigenvalue weighted by Crippen LogP contribution is -2.27. The molecule has 1 amide bonds. The number of hydrogen-bond acceptors (Lipinski definition) is 6. The summed E-state index contributed by atoms with van der Waals surface area (Å²) in [4.78, 5) is 18.6. The molecule has 2 aliphatic heterocycles. The quantitative estimate of drug-likeness (QED) is 0.247. The molecule has 2 aromatic carbocycles. The third kappa shape index (κ3) is 4.76. The van der Waals surface area contributed by atoms with Crippen LogP contribution in [0.5, 0.6) is 0 Å². The monoisotopic (exact) mass is 494 g/mol. The van der Waals surface area contributed by atoms with Crippen LogP contribution in [0.25, 0.3) is 10.6 Å². The zero-order valence-electron chi connectivity index (χ0n) is 18.9. The van der Waals surface area contributed by atoms with Crippen molar-refractivity contribution in [3.8, 4) is 0 Å². The van der Waals surface area contributed by atoms with Gasteiger partial charge in [-0.1, -0.05) is 96.4 Å². The van der Waals surface area contributed by atoms with E-state index in [1.165, 1.54) is 22.2 Å². The number of allylic oxidation sites excluding steroid dienone is 1. The summed E-state index contributed by atoms with van der Waals surface area (Å²) >= 11 is 8.45. The van der Waals surface area contributed by atoms with Gasteiger partial charge in [-0.15, -0.1) is 0 Å². The molecule has 0 aromatic heterocycles. The average Bonchev–Trinajstić information content (AvgIpc) is 3.35. The average molecular weight is 495 g/mol. The Morgan fingerprint density at radius 3 is 2.06 bits per heavy atom. The van der Waals surface area contributed by atoms with Gasteiger partial charge in [0, 0.05) is 24.1 Å². The summed E-state index contributed by atoms with van der Waals surface area (Å²) in [6.07, 6.45) is 2.00. The minimum absolute atomic E-state index is 0.0848. The van der Waals surface area contributed by atoms with Crippen molar-refractivity contribution in [2.75, 3.05) is 19.7 Å². The number of ether oxygens (including phenoxy) is 1. The van der Waals surface area contributed by atoms with Gasteiger partial charge in [-0.3, -0.25) is 9.69 Å². The fraction of sp³-hybridized carbons (Fsp3) is 0.231. The second-order valence-electron chi connectivity index (χ2n) is 7.28. The molecule has 0 bridgehead atoms. The van der Waals surface area contributed by atoms with Crippen LogP contribution in [0.15, 0.2) is 82.4 Å². The summed E-state index contributed by atoms with van der Waals surface area (Å²) in [5.41, 5.74) is 3.49. The maximum absolute atomic E-state index is 13.0.